The van der Waals surface area contributed by atoms with Crippen LogP contribution >= 0.6 is 0 Å². The monoisotopic (exact) mass is 188 g/mol. The summed E-state index contributed by atoms with van der Waals surface area (Å²) >= 11 is 0. The lowest BCUT2D eigenvalue weighted by atomic mass is 9.76. The molecule has 0 aliphatic heterocycles. The van der Waals surface area contributed by atoms with Crippen LogP contribution in [0, 0.1) is 5.41 Å². The number of allylic oxidation sites excluding steroid dienone is 5. The molecular formula is C10H11F3. The summed E-state index contributed by atoms with van der Waals surface area (Å²) in [5, 5.41) is 0. The molecule has 1 rings (SSSR count). The van der Waals surface area contributed by atoms with Gasteiger partial charge in [-0.2, -0.15) is 13.2 Å². The minimum Gasteiger partial charge on any atom is -0.166 e. The Balaban J connectivity index is 3.10. The maximum Gasteiger partial charge on any atom is 0.413 e. The van der Waals surface area contributed by atoms with Crippen molar-refractivity contribution in [2.75, 3.05) is 0 Å². The maximum absolute atomic E-state index is 12.5. The zero-order valence-corrected chi connectivity index (χ0v) is 7.36. The first-order chi connectivity index (χ1) is 5.90. The fourth-order valence-corrected chi connectivity index (χ4v) is 1.39. The lowest BCUT2D eigenvalue weighted by Crippen LogP contribution is -2.28. The molecule has 0 saturated heterocycles. The molecule has 0 bridgehead atoms. The first kappa shape index (κ1) is 10.1. The Bertz CT molecular complexity index is 270. The van der Waals surface area contributed by atoms with E-state index in [0.29, 0.717) is 6.42 Å². The summed E-state index contributed by atoms with van der Waals surface area (Å²) in [6.45, 7) is 4.99. The van der Waals surface area contributed by atoms with E-state index in [1.807, 2.05) is 0 Å². The molecule has 0 amide bonds. The predicted octanol–water partition coefficient (Wildman–Crippen LogP) is 3.63. The van der Waals surface area contributed by atoms with Crippen molar-refractivity contribution in [2.24, 2.45) is 5.41 Å². The molecule has 0 aromatic rings. The van der Waals surface area contributed by atoms with Crippen LogP contribution in [-0.4, -0.2) is 6.18 Å². The molecule has 13 heavy (non-hydrogen) atoms. The van der Waals surface area contributed by atoms with Crippen molar-refractivity contribution in [1.29, 1.82) is 0 Å². The Morgan fingerprint density at radius 2 is 2.15 bits per heavy atom. The van der Waals surface area contributed by atoms with Crippen molar-refractivity contribution in [3.63, 3.8) is 0 Å². The summed E-state index contributed by atoms with van der Waals surface area (Å²) in [6.07, 6.45) is 1.74. The minimum absolute atomic E-state index is 0.363. The van der Waals surface area contributed by atoms with Crippen molar-refractivity contribution >= 4 is 0 Å². The lowest BCUT2D eigenvalue weighted by Gasteiger charge is -2.31. The van der Waals surface area contributed by atoms with Crippen LogP contribution in [0.4, 0.5) is 13.2 Å². The predicted molar refractivity (Wildman–Crippen MR) is 46.2 cm³/mol. The van der Waals surface area contributed by atoms with Crippen LogP contribution in [0.2, 0.25) is 0 Å². The van der Waals surface area contributed by atoms with E-state index in [4.69, 9.17) is 0 Å². The van der Waals surface area contributed by atoms with Crippen LogP contribution in [0.3, 0.4) is 0 Å². The third-order valence-corrected chi connectivity index (χ3v) is 2.31. The van der Waals surface area contributed by atoms with Gasteiger partial charge in [0.05, 0.1) is 0 Å². The molecule has 1 aliphatic carbocycles. The number of alkyl halides is 3. The fourth-order valence-electron chi connectivity index (χ4n) is 1.39. The van der Waals surface area contributed by atoms with Crippen molar-refractivity contribution in [3.05, 3.63) is 36.5 Å². The Hall–Kier alpha value is -0.990. The zero-order valence-electron chi connectivity index (χ0n) is 7.36. The van der Waals surface area contributed by atoms with E-state index in [1.54, 1.807) is 13.0 Å². The Morgan fingerprint density at radius 3 is 2.54 bits per heavy atom. The number of hydrogen-bond acceptors (Lipinski definition) is 0. The van der Waals surface area contributed by atoms with Gasteiger partial charge in [0.25, 0.3) is 0 Å². The van der Waals surface area contributed by atoms with Gasteiger partial charge in [0.15, 0.2) is 0 Å². The highest BCUT2D eigenvalue weighted by Gasteiger charge is 2.43. The molecule has 0 fully saturated rings. The van der Waals surface area contributed by atoms with Gasteiger partial charge in [-0.3, -0.25) is 0 Å². The average Bonchev–Trinajstić information content (AvgIpc) is 2.03. The van der Waals surface area contributed by atoms with Crippen molar-refractivity contribution in [1.82, 2.24) is 0 Å². The molecule has 1 unspecified atom stereocenters. The Labute approximate surface area is 75.4 Å². The molecule has 0 spiro atoms. The van der Waals surface area contributed by atoms with E-state index in [1.165, 1.54) is 12.2 Å². The molecule has 0 aromatic heterocycles. The van der Waals surface area contributed by atoms with Gasteiger partial charge in [0.2, 0.25) is 0 Å². The van der Waals surface area contributed by atoms with Crippen LogP contribution in [0.15, 0.2) is 36.5 Å². The highest BCUT2D eigenvalue weighted by molar-refractivity contribution is 5.32. The molecule has 1 aliphatic rings. The number of rotatable bonds is 1. The molecule has 0 saturated carbocycles. The highest BCUT2D eigenvalue weighted by atomic mass is 19.4. The molecule has 0 aromatic carbocycles. The fraction of sp³-hybridized carbons (Fsp3) is 0.400. The second-order valence-electron chi connectivity index (χ2n) is 3.33. The molecule has 1 atom stereocenters. The van der Waals surface area contributed by atoms with Crippen LogP contribution in [0.1, 0.15) is 13.3 Å². The van der Waals surface area contributed by atoms with Crippen molar-refractivity contribution in [2.45, 2.75) is 19.5 Å². The van der Waals surface area contributed by atoms with Crippen molar-refractivity contribution < 1.29 is 13.2 Å². The van der Waals surface area contributed by atoms with Gasteiger partial charge in [0, 0.05) is 11.0 Å². The topological polar surface area (TPSA) is 0 Å². The standard InChI is InChI=1S/C10H11F3/c1-3-9(2)7-5-4-6-8(9)10(11,12)13/h3-6H,1,7H2,2H3. The van der Waals surface area contributed by atoms with Crippen molar-refractivity contribution in [3.8, 4) is 0 Å². The van der Waals surface area contributed by atoms with Gasteiger partial charge >= 0.3 is 6.18 Å². The molecule has 0 N–H and O–H groups in total. The maximum atomic E-state index is 12.5. The molecule has 0 radical (unpaired) electrons. The first-order valence-corrected chi connectivity index (χ1v) is 3.98. The number of halogens is 3. The largest absolute Gasteiger partial charge is 0.413 e. The van der Waals surface area contributed by atoms with Crippen LogP contribution in [-0.2, 0) is 0 Å². The van der Waals surface area contributed by atoms with Gasteiger partial charge in [-0.1, -0.05) is 31.2 Å². The van der Waals surface area contributed by atoms with Gasteiger partial charge in [0.1, 0.15) is 0 Å². The molecule has 0 nitrogen and oxygen atoms in total. The number of hydrogen-bond donors (Lipinski definition) is 0. The normalized spacial score (nSPS) is 28.5. The van der Waals surface area contributed by atoms with Crippen LogP contribution in [0.5, 0.6) is 0 Å². The van der Waals surface area contributed by atoms with Gasteiger partial charge in [-0.05, 0) is 6.42 Å². The third-order valence-electron chi connectivity index (χ3n) is 2.31. The summed E-state index contributed by atoms with van der Waals surface area (Å²) in [7, 11) is 0. The first-order valence-electron chi connectivity index (χ1n) is 3.98. The van der Waals surface area contributed by atoms with E-state index in [0.717, 1.165) is 6.08 Å². The van der Waals surface area contributed by atoms with Crippen LogP contribution < -0.4 is 0 Å². The zero-order chi connectivity index (χ0) is 10.1. The van der Waals surface area contributed by atoms with E-state index in [9.17, 15) is 13.2 Å². The summed E-state index contributed by atoms with van der Waals surface area (Å²) in [5.74, 6) is 0. The van der Waals surface area contributed by atoms with E-state index >= 15 is 0 Å². The second kappa shape index (κ2) is 3.05. The van der Waals surface area contributed by atoms with Gasteiger partial charge in [-0.25, -0.2) is 0 Å². The quantitative estimate of drug-likeness (QED) is 0.551. The Morgan fingerprint density at radius 1 is 1.54 bits per heavy atom. The third kappa shape index (κ3) is 1.85. The average molecular weight is 188 g/mol. The van der Waals surface area contributed by atoms with Gasteiger partial charge < -0.3 is 0 Å². The summed E-state index contributed by atoms with van der Waals surface area (Å²) in [6, 6.07) is 0. The lowest BCUT2D eigenvalue weighted by molar-refractivity contribution is -0.103. The minimum atomic E-state index is -4.26. The van der Waals surface area contributed by atoms with Crippen LogP contribution in [0.25, 0.3) is 0 Å². The molecule has 3 heteroatoms. The molecule has 72 valence electrons. The highest BCUT2D eigenvalue weighted by Crippen LogP contribution is 2.44. The smallest absolute Gasteiger partial charge is 0.166 e. The second-order valence-corrected chi connectivity index (χ2v) is 3.33. The SMILES string of the molecule is C=CC1(C)CC=CC=C1C(F)(F)F. The summed E-state index contributed by atoms with van der Waals surface area (Å²) in [4.78, 5) is 0. The molecule has 0 heterocycles. The van der Waals surface area contributed by atoms with Gasteiger partial charge in [-0.15, -0.1) is 6.58 Å². The molecular weight excluding hydrogens is 177 g/mol. The Kier molecular flexibility index (Phi) is 2.37. The summed E-state index contributed by atoms with van der Waals surface area (Å²) < 4.78 is 37.4. The van der Waals surface area contributed by atoms with E-state index in [-0.39, 0.29) is 0 Å². The van der Waals surface area contributed by atoms with E-state index in [2.05, 4.69) is 6.58 Å². The van der Waals surface area contributed by atoms with E-state index < -0.39 is 17.2 Å². The summed E-state index contributed by atoms with van der Waals surface area (Å²) in [5.41, 5.74) is -1.48.